The second-order valence-corrected chi connectivity index (χ2v) is 5.72. The van der Waals surface area contributed by atoms with Crippen molar-refractivity contribution in [2.75, 3.05) is 0 Å². The van der Waals surface area contributed by atoms with Crippen LogP contribution in [0.25, 0.3) is 0 Å². The summed E-state index contributed by atoms with van der Waals surface area (Å²) in [6.07, 6.45) is 1.69. The van der Waals surface area contributed by atoms with Gasteiger partial charge in [-0.2, -0.15) is 0 Å². The molecule has 18 heavy (non-hydrogen) atoms. The first kappa shape index (κ1) is 14.8. The number of hydrogen-bond donors (Lipinski definition) is 1. The second-order valence-electron chi connectivity index (χ2n) is 4.59. The fourth-order valence-corrected chi connectivity index (χ4v) is 2.37. The molecule has 0 bridgehead atoms. The summed E-state index contributed by atoms with van der Waals surface area (Å²) in [6, 6.07) is 3.60. The third-order valence-corrected chi connectivity index (χ3v) is 3.72. The molecule has 0 amide bonds. The second kappa shape index (κ2) is 6.64. The lowest BCUT2D eigenvalue weighted by Gasteiger charge is -2.18. The van der Waals surface area contributed by atoms with Crippen molar-refractivity contribution < 1.29 is 14.6 Å². The predicted octanol–water partition coefficient (Wildman–Crippen LogP) is 3.07. The highest BCUT2D eigenvalue weighted by Gasteiger charge is 2.25. The van der Waals surface area contributed by atoms with E-state index >= 15 is 0 Å². The first-order chi connectivity index (χ1) is 8.41. The topological polar surface area (TPSA) is 59.4 Å². The van der Waals surface area contributed by atoms with Gasteiger partial charge in [0.15, 0.2) is 5.75 Å². The number of nitrogens with zero attached hydrogens (tertiary/aromatic N) is 1. The molecule has 1 heterocycles. The highest BCUT2D eigenvalue weighted by Crippen LogP contribution is 2.33. The Kier molecular flexibility index (Phi) is 5.47. The van der Waals surface area contributed by atoms with Crippen LogP contribution in [-0.2, 0) is 4.79 Å². The maximum atomic E-state index is 11.2. The Bertz CT molecular complexity index is 407. The van der Waals surface area contributed by atoms with E-state index in [0.717, 1.165) is 0 Å². The van der Waals surface area contributed by atoms with E-state index in [0.29, 0.717) is 10.8 Å². The van der Waals surface area contributed by atoms with E-state index in [4.69, 9.17) is 4.74 Å². The van der Waals surface area contributed by atoms with Crippen LogP contribution in [0.5, 0.6) is 5.75 Å². The zero-order chi connectivity index (χ0) is 13.7. The Morgan fingerprint density at radius 1 is 1.39 bits per heavy atom. The van der Waals surface area contributed by atoms with Gasteiger partial charge in [0.1, 0.15) is 10.3 Å². The predicted molar refractivity (Wildman–Crippen MR) is 72.1 cm³/mol. The molecule has 5 heteroatoms. The summed E-state index contributed by atoms with van der Waals surface area (Å²) in [7, 11) is 0. The van der Waals surface area contributed by atoms with Gasteiger partial charge >= 0.3 is 5.97 Å². The number of aromatic nitrogens is 1. The van der Waals surface area contributed by atoms with Crippen molar-refractivity contribution in [2.45, 2.75) is 44.1 Å². The van der Waals surface area contributed by atoms with Gasteiger partial charge in [-0.05, 0) is 31.9 Å². The number of rotatable bonds is 6. The van der Waals surface area contributed by atoms with Gasteiger partial charge in [-0.25, -0.2) is 4.98 Å². The van der Waals surface area contributed by atoms with Crippen LogP contribution in [0.4, 0.5) is 0 Å². The average Bonchev–Trinajstić information content (AvgIpc) is 2.26. The third-order valence-electron chi connectivity index (χ3n) is 2.19. The summed E-state index contributed by atoms with van der Waals surface area (Å²) in [5.41, 5.74) is 0. The molecule has 1 aromatic heterocycles. The Morgan fingerprint density at radius 2 is 2.06 bits per heavy atom. The Hall–Kier alpha value is -1.23. The van der Waals surface area contributed by atoms with E-state index in [1.54, 1.807) is 12.3 Å². The average molecular weight is 269 g/mol. The van der Waals surface area contributed by atoms with Crippen LogP contribution < -0.4 is 4.74 Å². The molecule has 1 rings (SSSR count). The Balaban J connectivity index is 2.91. The first-order valence-electron chi connectivity index (χ1n) is 5.93. The van der Waals surface area contributed by atoms with Gasteiger partial charge < -0.3 is 9.84 Å². The van der Waals surface area contributed by atoms with Crippen LogP contribution in [0.15, 0.2) is 23.4 Å². The third kappa shape index (κ3) is 4.22. The lowest BCUT2D eigenvalue weighted by Crippen LogP contribution is -2.22. The minimum Gasteiger partial charge on any atom is -0.488 e. The van der Waals surface area contributed by atoms with Gasteiger partial charge in [0.2, 0.25) is 0 Å². The molecule has 1 aromatic rings. The number of aliphatic carboxylic acids is 1. The van der Waals surface area contributed by atoms with Crippen molar-refractivity contribution in [2.24, 2.45) is 5.92 Å². The summed E-state index contributed by atoms with van der Waals surface area (Å²) in [4.78, 5) is 15.4. The Morgan fingerprint density at radius 3 is 2.56 bits per heavy atom. The quantitative estimate of drug-likeness (QED) is 0.804. The van der Waals surface area contributed by atoms with Gasteiger partial charge in [-0.15, -0.1) is 0 Å². The highest BCUT2D eigenvalue weighted by molar-refractivity contribution is 8.00. The maximum Gasteiger partial charge on any atom is 0.317 e. The number of pyridine rings is 1. The van der Waals surface area contributed by atoms with E-state index in [1.165, 1.54) is 11.8 Å². The van der Waals surface area contributed by atoms with E-state index in [1.807, 2.05) is 33.8 Å². The van der Waals surface area contributed by atoms with Crippen LogP contribution in [0, 0.1) is 5.92 Å². The van der Waals surface area contributed by atoms with Crippen molar-refractivity contribution in [3.8, 4) is 5.75 Å². The lowest BCUT2D eigenvalue weighted by molar-refractivity contribution is -0.137. The van der Waals surface area contributed by atoms with Gasteiger partial charge in [-0.1, -0.05) is 25.6 Å². The summed E-state index contributed by atoms with van der Waals surface area (Å²) in [5.74, 6) is -0.151. The molecule has 0 aliphatic rings. The number of hydrogen-bond acceptors (Lipinski definition) is 4. The molecular formula is C13H19NO3S. The van der Waals surface area contributed by atoms with Crippen molar-refractivity contribution in [1.29, 1.82) is 0 Å². The van der Waals surface area contributed by atoms with Crippen LogP contribution in [-0.4, -0.2) is 27.4 Å². The zero-order valence-electron chi connectivity index (χ0n) is 11.1. The van der Waals surface area contributed by atoms with Gasteiger partial charge in [-0.3, -0.25) is 4.79 Å². The molecule has 1 unspecified atom stereocenters. The largest absolute Gasteiger partial charge is 0.488 e. The molecule has 0 saturated carbocycles. The van der Waals surface area contributed by atoms with E-state index in [-0.39, 0.29) is 12.0 Å². The van der Waals surface area contributed by atoms with Crippen molar-refractivity contribution in [1.82, 2.24) is 4.98 Å². The highest BCUT2D eigenvalue weighted by atomic mass is 32.2. The molecule has 0 aliphatic heterocycles. The molecule has 4 nitrogen and oxygen atoms in total. The van der Waals surface area contributed by atoms with Crippen LogP contribution in [0.3, 0.4) is 0 Å². The monoisotopic (exact) mass is 269 g/mol. The fraction of sp³-hybridized carbons (Fsp3) is 0.538. The van der Waals surface area contributed by atoms with Crippen molar-refractivity contribution in [3.63, 3.8) is 0 Å². The number of thioether (sulfide) groups is 1. The molecule has 0 aromatic carbocycles. The molecule has 1 N–H and O–H groups in total. The molecule has 0 fully saturated rings. The van der Waals surface area contributed by atoms with Gasteiger partial charge in [0.25, 0.3) is 0 Å². The van der Waals surface area contributed by atoms with Crippen LogP contribution in [0.1, 0.15) is 27.7 Å². The van der Waals surface area contributed by atoms with Crippen LogP contribution in [0.2, 0.25) is 0 Å². The molecule has 0 radical (unpaired) electrons. The van der Waals surface area contributed by atoms with Crippen molar-refractivity contribution in [3.05, 3.63) is 18.3 Å². The molecule has 1 atom stereocenters. The van der Waals surface area contributed by atoms with E-state index in [2.05, 4.69) is 4.98 Å². The standard InChI is InChI=1S/C13H19NO3S/c1-8(2)11(13(15)16)18-12-10(17-9(3)4)6-5-7-14-12/h5-9,11H,1-4H3,(H,15,16). The number of carboxylic acids is 1. The number of ether oxygens (including phenoxy) is 1. The maximum absolute atomic E-state index is 11.2. The molecule has 0 aliphatic carbocycles. The minimum atomic E-state index is -0.823. The minimum absolute atomic E-state index is 0.0291. The lowest BCUT2D eigenvalue weighted by atomic mass is 10.1. The Labute approximate surface area is 112 Å². The molecule has 0 spiro atoms. The summed E-state index contributed by atoms with van der Waals surface area (Å²) in [6.45, 7) is 7.63. The SMILES string of the molecule is CC(C)Oc1cccnc1SC(C(=O)O)C(C)C. The normalized spacial score (nSPS) is 12.8. The van der Waals surface area contributed by atoms with E-state index in [9.17, 15) is 9.90 Å². The molecule has 100 valence electrons. The summed E-state index contributed by atoms with van der Waals surface area (Å²) >= 11 is 1.24. The van der Waals surface area contributed by atoms with Crippen molar-refractivity contribution >= 4 is 17.7 Å². The van der Waals surface area contributed by atoms with Gasteiger partial charge in [0, 0.05) is 6.20 Å². The molecular weight excluding hydrogens is 250 g/mol. The zero-order valence-corrected chi connectivity index (χ0v) is 11.9. The first-order valence-corrected chi connectivity index (χ1v) is 6.81. The summed E-state index contributed by atoms with van der Waals surface area (Å²) in [5, 5.41) is 9.30. The number of carboxylic acid groups (broad SMARTS) is 1. The fourth-order valence-electron chi connectivity index (χ4n) is 1.40. The van der Waals surface area contributed by atoms with Gasteiger partial charge in [0.05, 0.1) is 6.10 Å². The van der Waals surface area contributed by atoms with E-state index < -0.39 is 11.2 Å². The summed E-state index contributed by atoms with van der Waals surface area (Å²) < 4.78 is 5.63. The number of carbonyl (C=O) groups is 1. The smallest absolute Gasteiger partial charge is 0.317 e. The van der Waals surface area contributed by atoms with Crippen LogP contribution >= 0.6 is 11.8 Å². The molecule has 0 saturated heterocycles.